The molecule has 0 aliphatic rings. The molecule has 2 rings (SSSR count). The van der Waals surface area contributed by atoms with Gasteiger partial charge in [-0.2, -0.15) is 0 Å². The van der Waals surface area contributed by atoms with Gasteiger partial charge in [0.25, 0.3) is 0 Å². The summed E-state index contributed by atoms with van der Waals surface area (Å²) in [6.45, 7) is 4.04. The summed E-state index contributed by atoms with van der Waals surface area (Å²) < 4.78 is 1.11. The fourth-order valence-electron chi connectivity index (χ4n) is 1.62. The molecule has 2 aromatic rings. The summed E-state index contributed by atoms with van der Waals surface area (Å²) >= 11 is 17.1. The van der Waals surface area contributed by atoms with Crippen LogP contribution >= 0.6 is 50.5 Å². The lowest BCUT2D eigenvalue weighted by Gasteiger charge is -2.16. The number of hydrogen-bond acceptors (Lipinski definition) is 3. The quantitative estimate of drug-likeness (QED) is 0.706. The predicted molar refractivity (Wildman–Crippen MR) is 83.1 cm³/mol. The summed E-state index contributed by atoms with van der Waals surface area (Å²) in [7, 11) is 0. The Morgan fingerprint density at radius 3 is 2.67 bits per heavy atom. The minimum Gasteiger partial charge on any atom is -0.375 e. The molecule has 1 N–H and O–H groups in total. The normalized spacial score (nSPS) is 12.5. The highest BCUT2D eigenvalue weighted by Crippen LogP contribution is 2.33. The van der Waals surface area contributed by atoms with Crippen molar-refractivity contribution in [3.63, 3.8) is 0 Å². The van der Waals surface area contributed by atoms with Gasteiger partial charge >= 0.3 is 0 Å². The molecule has 2 nitrogen and oxygen atoms in total. The van der Waals surface area contributed by atoms with E-state index in [0.29, 0.717) is 10.3 Å². The topological polar surface area (TPSA) is 24.9 Å². The zero-order valence-electron chi connectivity index (χ0n) is 9.80. The van der Waals surface area contributed by atoms with Crippen LogP contribution in [0.4, 0.5) is 5.69 Å². The van der Waals surface area contributed by atoms with Crippen molar-refractivity contribution in [2.24, 2.45) is 0 Å². The fourth-order valence-corrected chi connectivity index (χ4v) is 3.63. The highest BCUT2D eigenvalue weighted by atomic mass is 79.9. The summed E-state index contributed by atoms with van der Waals surface area (Å²) in [5.74, 6) is 0. The van der Waals surface area contributed by atoms with E-state index in [1.165, 1.54) is 4.88 Å². The second-order valence-electron chi connectivity index (χ2n) is 3.94. The van der Waals surface area contributed by atoms with E-state index >= 15 is 0 Å². The van der Waals surface area contributed by atoms with E-state index in [-0.39, 0.29) is 6.04 Å². The zero-order valence-corrected chi connectivity index (χ0v) is 13.7. The van der Waals surface area contributed by atoms with Gasteiger partial charge in [0.1, 0.15) is 5.15 Å². The van der Waals surface area contributed by atoms with Gasteiger partial charge in [0.05, 0.1) is 15.5 Å². The van der Waals surface area contributed by atoms with E-state index in [4.69, 9.17) is 23.2 Å². The molecule has 6 heteroatoms. The molecular weight excluding hydrogens is 355 g/mol. The van der Waals surface area contributed by atoms with Gasteiger partial charge in [-0.1, -0.05) is 23.2 Å². The number of aromatic nitrogens is 1. The van der Waals surface area contributed by atoms with Gasteiger partial charge in [0.2, 0.25) is 0 Å². The molecule has 0 fully saturated rings. The van der Waals surface area contributed by atoms with E-state index in [0.717, 1.165) is 15.0 Å². The van der Waals surface area contributed by atoms with Gasteiger partial charge in [-0.05, 0) is 53.5 Å². The largest absolute Gasteiger partial charge is 0.375 e. The molecular formula is C12H11BrCl2N2S. The van der Waals surface area contributed by atoms with Gasteiger partial charge in [-0.25, -0.2) is 4.98 Å². The third kappa shape index (κ3) is 3.18. The van der Waals surface area contributed by atoms with Crippen LogP contribution in [0.25, 0.3) is 0 Å². The van der Waals surface area contributed by atoms with Crippen LogP contribution in [0.3, 0.4) is 0 Å². The Bertz CT molecular complexity index is 548. The summed E-state index contributed by atoms with van der Waals surface area (Å²) in [4.78, 5) is 5.28. The lowest BCUT2D eigenvalue weighted by molar-refractivity contribution is 0.903. The first kappa shape index (κ1) is 14.1. The lowest BCUT2D eigenvalue weighted by atomic mass is 10.2. The van der Waals surface area contributed by atoms with Crippen LogP contribution in [-0.2, 0) is 0 Å². The third-order valence-corrected chi connectivity index (χ3v) is 4.80. The van der Waals surface area contributed by atoms with Crippen molar-refractivity contribution >= 4 is 56.2 Å². The Hall–Kier alpha value is -0.290. The second kappa shape index (κ2) is 5.78. The molecule has 0 aliphatic carbocycles. The summed E-state index contributed by atoms with van der Waals surface area (Å²) in [5, 5.41) is 4.19. The Morgan fingerprint density at radius 1 is 1.39 bits per heavy atom. The van der Waals surface area contributed by atoms with Crippen LogP contribution in [0.1, 0.15) is 23.4 Å². The van der Waals surface area contributed by atoms with E-state index in [1.807, 2.05) is 13.0 Å². The zero-order chi connectivity index (χ0) is 13.3. The number of pyridine rings is 1. The number of aryl methyl sites for hydroxylation is 1. The molecule has 2 aromatic heterocycles. The first-order valence-electron chi connectivity index (χ1n) is 5.32. The Labute approximate surface area is 128 Å². The second-order valence-corrected chi connectivity index (χ2v) is 7.18. The molecule has 96 valence electrons. The number of anilines is 1. The summed E-state index contributed by atoms with van der Waals surface area (Å²) in [6, 6.07) is 6.08. The predicted octanol–water partition coefficient (Wildman–Crippen LogP) is 5.69. The van der Waals surface area contributed by atoms with Crippen LogP contribution in [0.5, 0.6) is 0 Å². The number of nitrogens with zero attached hydrogens (tertiary/aromatic N) is 1. The number of halogens is 3. The summed E-state index contributed by atoms with van der Waals surface area (Å²) in [6.07, 6.45) is 0. The average Bonchev–Trinajstić information content (AvgIpc) is 2.70. The molecule has 0 saturated carbocycles. The Balaban J connectivity index is 2.24. The number of rotatable bonds is 3. The summed E-state index contributed by atoms with van der Waals surface area (Å²) in [5.41, 5.74) is 1.82. The van der Waals surface area contributed by atoms with Crippen molar-refractivity contribution in [2.75, 3.05) is 5.32 Å². The molecule has 0 aromatic carbocycles. The van der Waals surface area contributed by atoms with E-state index < -0.39 is 0 Å². The maximum Gasteiger partial charge on any atom is 0.154 e. The monoisotopic (exact) mass is 364 g/mol. The third-order valence-electron chi connectivity index (χ3n) is 2.52. The maximum absolute atomic E-state index is 6.11. The molecule has 0 aliphatic heterocycles. The SMILES string of the molecule is Cc1cc(Cl)nc(Cl)c1NC(C)c1ccc(Br)s1. The molecule has 0 radical (unpaired) electrons. The Kier molecular flexibility index (Phi) is 4.54. The van der Waals surface area contributed by atoms with E-state index in [1.54, 1.807) is 17.4 Å². The Morgan fingerprint density at radius 2 is 2.11 bits per heavy atom. The number of hydrogen-bond donors (Lipinski definition) is 1. The van der Waals surface area contributed by atoms with Gasteiger partial charge in [-0.15, -0.1) is 11.3 Å². The van der Waals surface area contributed by atoms with Crippen LogP contribution < -0.4 is 5.32 Å². The minimum absolute atomic E-state index is 0.167. The highest BCUT2D eigenvalue weighted by Gasteiger charge is 2.13. The van der Waals surface area contributed by atoms with E-state index in [9.17, 15) is 0 Å². The first-order valence-corrected chi connectivity index (χ1v) is 7.68. The van der Waals surface area contributed by atoms with E-state index in [2.05, 4.69) is 39.2 Å². The van der Waals surface area contributed by atoms with Gasteiger partial charge in [0, 0.05) is 4.88 Å². The van der Waals surface area contributed by atoms with Crippen molar-refractivity contribution in [1.82, 2.24) is 4.98 Å². The van der Waals surface area contributed by atoms with Crippen LogP contribution in [0.15, 0.2) is 22.0 Å². The molecule has 1 atom stereocenters. The van der Waals surface area contributed by atoms with Crippen LogP contribution in [0.2, 0.25) is 10.3 Å². The molecule has 0 amide bonds. The molecule has 0 spiro atoms. The molecule has 0 bridgehead atoms. The van der Waals surface area contributed by atoms with Gasteiger partial charge in [-0.3, -0.25) is 0 Å². The number of nitrogens with one attached hydrogen (secondary N) is 1. The lowest BCUT2D eigenvalue weighted by Crippen LogP contribution is -2.07. The molecule has 0 saturated heterocycles. The van der Waals surface area contributed by atoms with Crippen molar-refractivity contribution in [2.45, 2.75) is 19.9 Å². The molecule has 1 unspecified atom stereocenters. The van der Waals surface area contributed by atoms with Crippen molar-refractivity contribution in [1.29, 1.82) is 0 Å². The van der Waals surface area contributed by atoms with Crippen molar-refractivity contribution in [3.05, 3.63) is 42.7 Å². The molecule has 2 heterocycles. The highest BCUT2D eigenvalue weighted by molar-refractivity contribution is 9.11. The average molecular weight is 366 g/mol. The van der Waals surface area contributed by atoms with Crippen LogP contribution in [0, 0.1) is 6.92 Å². The maximum atomic E-state index is 6.11. The molecule has 18 heavy (non-hydrogen) atoms. The van der Waals surface area contributed by atoms with Gasteiger partial charge < -0.3 is 5.32 Å². The van der Waals surface area contributed by atoms with Gasteiger partial charge in [0.15, 0.2) is 5.15 Å². The smallest absolute Gasteiger partial charge is 0.154 e. The fraction of sp³-hybridized carbons (Fsp3) is 0.250. The minimum atomic E-state index is 0.167. The van der Waals surface area contributed by atoms with Crippen molar-refractivity contribution in [3.8, 4) is 0 Å². The first-order chi connectivity index (χ1) is 8.47. The standard InChI is InChI=1S/C12H11BrCl2N2S/c1-6-5-10(14)17-12(15)11(6)16-7(2)8-3-4-9(13)18-8/h3-5,7,16H,1-2H3. The van der Waals surface area contributed by atoms with Crippen LogP contribution in [-0.4, -0.2) is 4.98 Å². The number of thiophene rings is 1. The van der Waals surface area contributed by atoms with Crippen molar-refractivity contribution < 1.29 is 0 Å².